The summed E-state index contributed by atoms with van der Waals surface area (Å²) in [4.78, 5) is 15.1. The lowest BCUT2D eigenvalue weighted by Crippen LogP contribution is -2.00. The Balaban J connectivity index is 1.11. The van der Waals surface area contributed by atoms with Gasteiger partial charge < -0.3 is 13.3 Å². The minimum Gasteiger partial charge on any atom is -0.456 e. The van der Waals surface area contributed by atoms with Crippen LogP contribution in [0.4, 0.5) is 0 Å². The zero-order valence-corrected chi connectivity index (χ0v) is 27.0. The van der Waals surface area contributed by atoms with Crippen LogP contribution in [0, 0.1) is 0 Å². The van der Waals surface area contributed by atoms with Crippen LogP contribution in [0.2, 0.25) is 0 Å². The third-order valence-corrected chi connectivity index (χ3v) is 9.76. The van der Waals surface area contributed by atoms with Crippen molar-refractivity contribution in [2.75, 3.05) is 0 Å². The Bertz CT molecular complexity index is 3150. The summed E-state index contributed by atoms with van der Waals surface area (Å²) in [7, 11) is 0. The van der Waals surface area contributed by atoms with Gasteiger partial charge in [0.15, 0.2) is 17.5 Å². The molecule has 0 spiro atoms. The van der Waals surface area contributed by atoms with Crippen molar-refractivity contribution in [3.05, 3.63) is 152 Å². The molecule has 0 aliphatic heterocycles. The van der Waals surface area contributed by atoms with Crippen molar-refractivity contribution in [2.24, 2.45) is 0 Å². The first kappa shape index (κ1) is 27.9. The van der Waals surface area contributed by atoms with E-state index in [1.54, 1.807) is 0 Å². The lowest BCUT2D eigenvalue weighted by Gasteiger charge is -2.09. The van der Waals surface area contributed by atoms with Gasteiger partial charge in [-0.15, -0.1) is 0 Å². The molecule has 0 saturated carbocycles. The highest BCUT2D eigenvalue weighted by Crippen LogP contribution is 2.42. The summed E-state index contributed by atoms with van der Waals surface area (Å²) in [5, 5.41) is 6.28. The molecule has 0 N–H and O–H groups in total. The van der Waals surface area contributed by atoms with Crippen molar-refractivity contribution in [1.29, 1.82) is 0 Å². The fourth-order valence-electron chi connectivity index (χ4n) is 7.36. The molecule has 4 aromatic heterocycles. The molecule has 0 amide bonds. The fourth-order valence-corrected chi connectivity index (χ4v) is 7.36. The minimum atomic E-state index is 0.533. The molecule has 4 heterocycles. The number of benzene rings is 7. The van der Waals surface area contributed by atoms with E-state index in [9.17, 15) is 0 Å². The quantitative estimate of drug-likeness (QED) is 0.188. The highest BCUT2D eigenvalue weighted by molar-refractivity contribution is 6.16. The van der Waals surface area contributed by atoms with Gasteiger partial charge in [0.25, 0.3) is 0 Å². The van der Waals surface area contributed by atoms with E-state index in [0.717, 1.165) is 93.6 Å². The molecule has 0 saturated heterocycles. The topological polar surface area (TPSA) is 78.1 Å². The van der Waals surface area contributed by atoms with Gasteiger partial charge in [-0.3, -0.25) is 0 Å². The van der Waals surface area contributed by atoms with Crippen LogP contribution in [0.5, 0.6) is 0 Å². The van der Waals surface area contributed by atoms with Crippen LogP contribution in [0.15, 0.2) is 165 Å². The van der Waals surface area contributed by atoms with E-state index in [1.807, 2.05) is 103 Å². The average Bonchev–Trinajstić information content (AvgIpc) is 3.88. The van der Waals surface area contributed by atoms with Crippen LogP contribution in [0.3, 0.4) is 0 Å². The maximum Gasteiger partial charge on any atom is 0.167 e. The predicted molar refractivity (Wildman–Crippen MR) is 203 cm³/mol. The summed E-state index contributed by atoms with van der Waals surface area (Å²) in [6.07, 6.45) is 0. The summed E-state index contributed by atoms with van der Waals surface area (Å²) in [5.74, 6) is 1.69. The highest BCUT2D eigenvalue weighted by atomic mass is 16.3. The zero-order chi connectivity index (χ0) is 33.5. The van der Waals surface area contributed by atoms with Crippen molar-refractivity contribution < 1.29 is 13.3 Å². The van der Waals surface area contributed by atoms with Crippen LogP contribution in [0.25, 0.3) is 111 Å². The van der Waals surface area contributed by atoms with Gasteiger partial charge >= 0.3 is 0 Å². The molecule has 51 heavy (non-hydrogen) atoms. The largest absolute Gasteiger partial charge is 0.456 e. The van der Waals surface area contributed by atoms with Gasteiger partial charge in [0.1, 0.15) is 33.5 Å². The normalized spacial score (nSPS) is 11.9. The molecule has 7 aromatic carbocycles. The van der Waals surface area contributed by atoms with Gasteiger partial charge in [-0.1, -0.05) is 97.1 Å². The number of nitrogens with zero attached hydrogens (tertiary/aromatic N) is 3. The maximum absolute atomic E-state index is 6.69. The molecule has 0 aliphatic carbocycles. The third-order valence-electron chi connectivity index (χ3n) is 9.76. The van der Waals surface area contributed by atoms with E-state index >= 15 is 0 Å². The molecule has 0 radical (unpaired) electrons. The lowest BCUT2D eigenvalue weighted by molar-refractivity contribution is 0.668. The van der Waals surface area contributed by atoms with Crippen molar-refractivity contribution >= 4 is 65.8 Å². The number of rotatable bonds is 4. The van der Waals surface area contributed by atoms with Crippen LogP contribution in [-0.4, -0.2) is 15.0 Å². The third kappa shape index (κ3) is 4.33. The van der Waals surface area contributed by atoms with Crippen LogP contribution in [-0.2, 0) is 0 Å². The Morgan fingerprint density at radius 2 is 0.902 bits per heavy atom. The number of hydrogen-bond donors (Lipinski definition) is 0. The predicted octanol–water partition coefficient (Wildman–Crippen LogP) is 12.2. The summed E-state index contributed by atoms with van der Waals surface area (Å²) in [6, 6.07) is 51.1. The molecule has 6 heteroatoms. The van der Waals surface area contributed by atoms with E-state index in [4.69, 9.17) is 28.2 Å². The Morgan fingerprint density at radius 1 is 0.314 bits per heavy atom. The molecule has 11 aromatic rings. The minimum absolute atomic E-state index is 0.533. The molecule has 0 unspecified atom stereocenters. The van der Waals surface area contributed by atoms with E-state index in [-0.39, 0.29) is 0 Å². The smallest absolute Gasteiger partial charge is 0.167 e. The second kappa shape index (κ2) is 10.7. The van der Waals surface area contributed by atoms with Crippen molar-refractivity contribution in [1.82, 2.24) is 15.0 Å². The Kier molecular flexibility index (Phi) is 5.86. The van der Waals surface area contributed by atoms with E-state index in [0.29, 0.717) is 17.5 Å². The number of para-hydroxylation sites is 3. The number of hydrogen-bond acceptors (Lipinski definition) is 6. The van der Waals surface area contributed by atoms with Crippen molar-refractivity contribution in [2.45, 2.75) is 0 Å². The first-order valence-electron chi connectivity index (χ1n) is 16.8. The van der Waals surface area contributed by atoms with Gasteiger partial charge in [0.05, 0.1) is 5.56 Å². The zero-order valence-electron chi connectivity index (χ0n) is 27.0. The summed E-state index contributed by atoms with van der Waals surface area (Å²) in [5.41, 5.74) is 9.58. The van der Waals surface area contributed by atoms with Gasteiger partial charge in [0, 0.05) is 43.4 Å². The molecule has 0 bridgehead atoms. The maximum atomic E-state index is 6.69. The molecular weight excluding hydrogens is 631 g/mol. The molecule has 0 atom stereocenters. The van der Waals surface area contributed by atoms with Gasteiger partial charge in [0.2, 0.25) is 0 Å². The van der Waals surface area contributed by atoms with Crippen molar-refractivity contribution in [3.8, 4) is 45.3 Å². The summed E-state index contributed by atoms with van der Waals surface area (Å²) >= 11 is 0. The average molecular weight is 656 g/mol. The van der Waals surface area contributed by atoms with E-state index in [2.05, 4.69) is 48.5 Å². The van der Waals surface area contributed by atoms with Crippen LogP contribution in [0.1, 0.15) is 0 Å². The fraction of sp³-hybridized carbons (Fsp3) is 0. The first-order valence-corrected chi connectivity index (χ1v) is 16.8. The molecule has 0 fully saturated rings. The monoisotopic (exact) mass is 655 g/mol. The SMILES string of the molecule is c1ccc(-c2nc(-c3ccc4oc5ccccc5c4c3)nc(-c3cccc4c3oc3cccc(-c5ccc6c(c5)oc5ccccc56)c34)n2)cc1. The Morgan fingerprint density at radius 3 is 1.75 bits per heavy atom. The van der Waals surface area contributed by atoms with Crippen LogP contribution < -0.4 is 0 Å². The van der Waals surface area contributed by atoms with Crippen LogP contribution >= 0.6 is 0 Å². The van der Waals surface area contributed by atoms with E-state index < -0.39 is 0 Å². The van der Waals surface area contributed by atoms with E-state index in [1.165, 1.54) is 0 Å². The Labute approximate surface area is 290 Å². The second-order valence-corrected chi connectivity index (χ2v) is 12.8. The van der Waals surface area contributed by atoms with Crippen molar-refractivity contribution in [3.63, 3.8) is 0 Å². The first-order chi connectivity index (χ1) is 25.2. The highest BCUT2D eigenvalue weighted by Gasteiger charge is 2.20. The Hall–Kier alpha value is -7.05. The summed E-state index contributed by atoms with van der Waals surface area (Å²) in [6.45, 7) is 0. The molecule has 11 rings (SSSR count). The number of aromatic nitrogens is 3. The van der Waals surface area contributed by atoms with Gasteiger partial charge in [-0.2, -0.15) is 0 Å². The standard InChI is InChI=1S/C45H25N3O3/c1-2-10-26(11-3-1)43-46-44(28-21-23-38-35(24-28)31-13-5-7-18-37(31)49-38)48-45(47-43)34-16-8-15-33-41-29(14-9-19-39(41)51-42(33)34)27-20-22-32-30-12-4-6-17-36(30)50-40(32)25-27/h1-25H. The molecular formula is C45H25N3O3. The number of fused-ring (bicyclic) bond motifs is 9. The van der Waals surface area contributed by atoms with Gasteiger partial charge in [-0.05, 0) is 65.7 Å². The second-order valence-electron chi connectivity index (χ2n) is 12.8. The summed E-state index contributed by atoms with van der Waals surface area (Å²) < 4.78 is 19.1. The molecule has 0 aliphatic rings. The molecule has 238 valence electrons. The van der Waals surface area contributed by atoms with Gasteiger partial charge in [-0.25, -0.2) is 15.0 Å². The lowest BCUT2D eigenvalue weighted by atomic mass is 9.97. The molecule has 6 nitrogen and oxygen atoms in total. The number of furan rings is 3.